The molecule has 1 aliphatic carbocycles. The van der Waals surface area contributed by atoms with Crippen molar-refractivity contribution < 1.29 is 14.3 Å². The maximum absolute atomic E-state index is 11.8. The van der Waals surface area contributed by atoms with E-state index < -0.39 is 0 Å². The van der Waals surface area contributed by atoms with Crippen molar-refractivity contribution >= 4 is 5.97 Å². The summed E-state index contributed by atoms with van der Waals surface area (Å²) in [4.78, 5) is 11.8. The molecule has 1 aliphatic heterocycles. The van der Waals surface area contributed by atoms with Crippen LogP contribution < -0.4 is 5.73 Å². The van der Waals surface area contributed by atoms with Crippen LogP contribution in [0.3, 0.4) is 0 Å². The van der Waals surface area contributed by atoms with Crippen molar-refractivity contribution in [3.05, 3.63) is 0 Å². The Labute approximate surface area is 96.5 Å². The monoisotopic (exact) mass is 227 g/mol. The number of hydrogen-bond acceptors (Lipinski definition) is 4. The van der Waals surface area contributed by atoms with E-state index in [2.05, 4.69) is 0 Å². The highest BCUT2D eigenvalue weighted by molar-refractivity contribution is 5.70. The zero-order valence-electron chi connectivity index (χ0n) is 9.74. The van der Waals surface area contributed by atoms with Gasteiger partial charge in [0.15, 0.2) is 0 Å². The highest BCUT2D eigenvalue weighted by atomic mass is 16.6. The Morgan fingerprint density at radius 1 is 1.38 bits per heavy atom. The number of esters is 1. The highest BCUT2D eigenvalue weighted by Crippen LogP contribution is 2.43. The number of rotatable bonds is 4. The van der Waals surface area contributed by atoms with Crippen molar-refractivity contribution in [1.29, 1.82) is 0 Å². The van der Waals surface area contributed by atoms with Gasteiger partial charge >= 0.3 is 5.97 Å². The molecule has 1 saturated heterocycles. The van der Waals surface area contributed by atoms with E-state index in [0.29, 0.717) is 26.2 Å². The molecule has 1 heterocycles. The lowest BCUT2D eigenvalue weighted by Crippen LogP contribution is -2.40. The Morgan fingerprint density at radius 3 is 2.56 bits per heavy atom. The SMILES string of the molecule is NCC1(CC(=O)OC2CCOCC2)CCC1. The third kappa shape index (κ3) is 2.74. The number of carbonyl (C=O) groups excluding carboxylic acids is 1. The fourth-order valence-electron chi connectivity index (χ4n) is 2.46. The summed E-state index contributed by atoms with van der Waals surface area (Å²) in [5, 5.41) is 0. The van der Waals surface area contributed by atoms with Gasteiger partial charge in [-0.3, -0.25) is 4.79 Å². The Morgan fingerprint density at radius 2 is 2.06 bits per heavy atom. The molecule has 1 saturated carbocycles. The third-order valence-electron chi connectivity index (χ3n) is 3.83. The van der Waals surface area contributed by atoms with E-state index in [9.17, 15) is 4.79 Å². The van der Waals surface area contributed by atoms with Gasteiger partial charge in [0, 0.05) is 12.8 Å². The minimum Gasteiger partial charge on any atom is -0.462 e. The van der Waals surface area contributed by atoms with E-state index in [1.165, 1.54) is 6.42 Å². The molecule has 2 rings (SSSR count). The lowest BCUT2D eigenvalue weighted by atomic mass is 9.67. The smallest absolute Gasteiger partial charge is 0.306 e. The quantitative estimate of drug-likeness (QED) is 0.734. The van der Waals surface area contributed by atoms with E-state index in [-0.39, 0.29) is 17.5 Å². The molecular weight excluding hydrogens is 206 g/mol. The lowest BCUT2D eigenvalue weighted by molar-refractivity contribution is -0.157. The van der Waals surface area contributed by atoms with Crippen LogP contribution in [0.1, 0.15) is 38.5 Å². The average molecular weight is 227 g/mol. The molecule has 2 aliphatic rings. The molecular formula is C12H21NO3. The van der Waals surface area contributed by atoms with E-state index in [1.807, 2.05) is 0 Å². The van der Waals surface area contributed by atoms with Gasteiger partial charge in [0.05, 0.1) is 19.6 Å². The largest absolute Gasteiger partial charge is 0.462 e. The van der Waals surface area contributed by atoms with Crippen LogP contribution in [0.5, 0.6) is 0 Å². The fourth-order valence-corrected chi connectivity index (χ4v) is 2.46. The van der Waals surface area contributed by atoms with Gasteiger partial charge in [-0.2, -0.15) is 0 Å². The molecule has 0 aromatic carbocycles. The molecule has 0 aromatic rings. The molecule has 0 amide bonds. The minimum absolute atomic E-state index is 0.0578. The van der Waals surface area contributed by atoms with Crippen LogP contribution in [0.4, 0.5) is 0 Å². The van der Waals surface area contributed by atoms with Crippen molar-refractivity contribution in [2.45, 2.75) is 44.6 Å². The van der Waals surface area contributed by atoms with Crippen LogP contribution in [-0.2, 0) is 14.3 Å². The Bertz CT molecular complexity index is 239. The van der Waals surface area contributed by atoms with E-state index in [4.69, 9.17) is 15.2 Å². The van der Waals surface area contributed by atoms with Gasteiger partial charge in [-0.15, -0.1) is 0 Å². The second-order valence-corrected chi connectivity index (χ2v) is 5.04. The molecule has 0 radical (unpaired) electrons. The third-order valence-corrected chi connectivity index (χ3v) is 3.83. The number of hydrogen-bond donors (Lipinski definition) is 1. The first-order valence-electron chi connectivity index (χ1n) is 6.21. The highest BCUT2D eigenvalue weighted by Gasteiger charge is 2.38. The zero-order chi connectivity index (χ0) is 11.4. The molecule has 4 heteroatoms. The predicted molar refractivity (Wildman–Crippen MR) is 59.9 cm³/mol. The van der Waals surface area contributed by atoms with Crippen LogP contribution in [0.2, 0.25) is 0 Å². The van der Waals surface area contributed by atoms with E-state index in [0.717, 1.165) is 25.7 Å². The second kappa shape index (κ2) is 5.15. The molecule has 0 bridgehead atoms. The van der Waals surface area contributed by atoms with E-state index in [1.54, 1.807) is 0 Å². The Hall–Kier alpha value is -0.610. The van der Waals surface area contributed by atoms with Gasteiger partial charge in [-0.05, 0) is 24.8 Å². The number of carbonyl (C=O) groups is 1. The van der Waals surface area contributed by atoms with Gasteiger partial charge in [-0.25, -0.2) is 0 Å². The van der Waals surface area contributed by atoms with Crippen molar-refractivity contribution in [3.8, 4) is 0 Å². The first-order valence-corrected chi connectivity index (χ1v) is 6.21. The van der Waals surface area contributed by atoms with Crippen molar-refractivity contribution in [2.75, 3.05) is 19.8 Å². The molecule has 2 N–H and O–H groups in total. The van der Waals surface area contributed by atoms with Gasteiger partial charge in [0.25, 0.3) is 0 Å². The van der Waals surface area contributed by atoms with Gasteiger partial charge in [-0.1, -0.05) is 6.42 Å². The van der Waals surface area contributed by atoms with Gasteiger partial charge in [0.2, 0.25) is 0 Å². The molecule has 92 valence electrons. The van der Waals surface area contributed by atoms with Crippen molar-refractivity contribution in [1.82, 2.24) is 0 Å². The Balaban J connectivity index is 1.74. The summed E-state index contributed by atoms with van der Waals surface area (Å²) < 4.78 is 10.7. The summed E-state index contributed by atoms with van der Waals surface area (Å²) >= 11 is 0. The standard InChI is InChI=1S/C12H21NO3/c13-9-12(4-1-5-12)8-11(14)16-10-2-6-15-7-3-10/h10H,1-9,13H2. The van der Waals surface area contributed by atoms with Crippen LogP contribution in [0.15, 0.2) is 0 Å². The lowest BCUT2D eigenvalue weighted by Gasteiger charge is -2.40. The zero-order valence-corrected chi connectivity index (χ0v) is 9.74. The minimum atomic E-state index is -0.0722. The first kappa shape index (κ1) is 11.9. The number of ether oxygens (including phenoxy) is 2. The summed E-state index contributed by atoms with van der Waals surface area (Å²) in [5.74, 6) is -0.0722. The predicted octanol–water partition coefficient (Wildman–Crippen LogP) is 1.23. The van der Waals surface area contributed by atoms with Crippen LogP contribution in [0, 0.1) is 5.41 Å². The summed E-state index contributed by atoms with van der Waals surface area (Å²) in [6.45, 7) is 2.02. The molecule has 0 spiro atoms. The summed E-state index contributed by atoms with van der Waals surface area (Å²) in [6, 6.07) is 0. The maximum Gasteiger partial charge on any atom is 0.306 e. The fraction of sp³-hybridized carbons (Fsp3) is 0.917. The number of nitrogens with two attached hydrogens (primary N) is 1. The van der Waals surface area contributed by atoms with Gasteiger partial charge < -0.3 is 15.2 Å². The molecule has 0 unspecified atom stereocenters. The molecule has 16 heavy (non-hydrogen) atoms. The first-order chi connectivity index (χ1) is 7.74. The van der Waals surface area contributed by atoms with Gasteiger partial charge in [0.1, 0.15) is 6.10 Å². The molecule has 2 fully saturated rings. The van der Waals surface area contributed by atoms with Crippen LogP contribution >= 0.6 is 0 Å². The molecule has 4 nitrogen and oxygen atoms in total. The average Bonchev–Trinajstić information content (AvgIpc) is 2.25. The topological polar surface area (TPSA) is 61.6 Å². The Kier molecular flexibility index (Phi) is 3.82. The summed E-state index contributed by atoms with van der Waals surface area (Å²) in [6.07, 6.45) is 5.58. The summed E-state index contributed by atoms with van der Waals surface area (Å²) in [5.41, 5.74) is 5.78. The van der Waals surface area contributed by atoms with Crippen LogP contribution in [0.25, 0.3) is 0 Å². The van der Waals surface area contributed by atoms with Crippen molar-refractivity contribution in [2.24, 2.45) is 11.1 Å². The summed E-state index contributed by atoms with van der Waals surface area (Å²) in [7, 11) is 0. The van der Waals surface area contributed by atoms with Crippen molar-refractivity contribution in [3.63, 3.8) is 0 Å². The normalized spacial score (nSPS) is 24.8. The van der Waals surface area contributed by atoms with E-state index >= 15 is 0 Å². The molecule has 0 atom stereocenters. The molecule has 0 aromatic heterocycles. The maximum atomic E-state index is 11.8. The van der Waals surface area contributed by atoms with Crippen LogP contribution in [-0.4, -0.2) is 31.8 Å². The second-order valence-electron chi connectivity index (χ2n) is 5.04.